The van der Waals surface area contributed by atoms with Crippen LogP contribution in [0.1, 0.15) is 44.6 Å². The van der Waals surface area contributed by atoms with Crippen LogP contribution in [0.3, 0.4) is 0 Å². The fourth-order valence-corrected chi connectivity index (χ4v) is 4.03. The molecule has 1 aliphatic heterocycles. The minimum absolute atomic E-state index is 0.136. The van der Waals surface area contributed by atoms with Crippen LogP contribution in [0.2, 0.25) is 0 Å². The molecule has 1 atom stereocenters. The minimum Gasteiger partial charge on any atom is -0.465 e. The van der Waals surface area contributed by atoms with E-state index in [0.717, 1.165) is 12.1 Å². The summed E-state index contributed by atoms with van der Waals surface area (Å²) >= 11 is 0. The van der Waals surface area contributed by atoms with Crippen LogP contribution in [0, 0.1) is 13.8 Å². The lowest BCUT2D eigenvalue weighted by Crippen LogP contribution is -2.52. The Hall–Kier alpha value is -2.81. The molecule has 1 aromatic heterocycles. The highest BCUT2D eigenvalue weighted by molar-refractivity contribution is 6.03. The standard InChI is InChI=1S/C22H26F3N3O3/c1-13-18(21(30)31-4)14(2)26-19(13)20(29)15(3)27-8-10-28(11-9-27)17-7-5-6-16(12-17)22(23,24)25/h5-7,12,15,26H,8-11H2,1-4H3. The smallest absolute Gasteiger partial charge is 0.416 e. The van der Waals surface area contributed by atoms with Gasteiger partial charge in [0.25, 0.3) is 0 Å². The van der Waals surface area contributed by atoms with Gasteiger partial charge in [-0.2, -0.15) is 13.2 Å². The SMILES string of the molecule is COC(=O)c1c(C)[nH]c(C(=O)C(C)N2CCN(c3cccc(C(F)(F)F)c3)CC2)c1C. The summed E-state index contributed by atoms with van der Waals surface area (Å²) < 4.78 is 43.8. The molecule has 1 N–H and O–H groups in total. The molecular formula is C22H26F3N3O3. The summed E-state index contributed by atoms with van der Waals surface area (Å²) in [4.78, 5) is 32.0. The molecule has 0 radical (unpaired) electrons. The zero-order chi connectivity index (χ0) is 22.9. The van der Waals surface area contributed by atoms with Crippen molar-refractivity contribution < 1.29 is 27.5 Å². The van der Waals surface area contributed by atoms with Gasteiger partial charge in [-0.15, -0.1) is 0 Å². The van der Waals surface area contributed by atoms with E-state index >= 15 is 0 Å². The molecule has 1 fully saturated rings. The molecule has 1 aromatic carbocycles. The predicted octanol–water partition coefficient (Wildman–Crippen LogP) is 3.83. The van der Waals surface area contributed by atoms with Gasteiger partial charge in [-0.1, -0.05) is 6.07 Å². The number of ketones is 1. The molecule has 1 saturated heterocycles. The Labute approximate surface area is 179 Å². The highest BCUT2D eigenvalue weighted by Gasteiger charge is 2.32. The topological polar surface area (TPSA) is 65.6 Å². The van der Waals surface area contributed by atoms with E-state index in [4.69, 9.17) is 4.74 Å². The van der Waals surface area contributed by atoms with Crippen LogP contribution < -0.4 is 4.90 Å². The number of halogens is 3. The van der Waals surface area contributed by atoms with E-state index in [1.807, 2.05) is 9.80 Å². The number of ether oxygens (including phenoxy) is 1. The predicted molar refractivity (Wildman–Crippen MR) is 111 cm³/mol. The number of carbonyl (C=O) groups excluding carboxylic acids is 2. The number of hydrogen-bond donors (Lipinski definition) is 1. The van der Waals surface area contributed by atoms with E-state index in [0.29, 0.717) is 54.4 Å². The zero-order valence-corrected chi connectivity index (χ0v) is 18.0. The number of H-pyrrole nitrogens is 1. The van der Waals surface area contributed by atoms with Gasteiger partial charge in [-0.05, 0) is 44.5 Å². The molecule has 1 aliphatic rings. The molecule has 0 bridgehead atoms. The van der Waals surface area contributed by atoms with Crippen molar-refractivity contribution in [1.82, 2.24) is 9.88 Å². The zero-order valence-electron chi connectivity index (χ0n) is 18.0. The van der Waals surface area contributed by atoms with E-state index < -0.39 is 23.8 Å². The van der Waals surface area contributed by atoms with Crippen molar-refractivity contribution in [2.45, 2.75) is 33.0 Å². The number of carbonyl (C=O) groups is 2. The van der Waals surface area contributed by atoms with Gasteiger partial charge in [0.05, 0.1) is 30.0 Å². The Balaban J connectivity index is 1.69. The van der Waals surface area contributed by atoms with Gasteiger partial charge < -0.3 is 14.6 Å². The van der Waals surface area contributed by atoms with Crippen LogP contribution >= 0.6 is 0 Å². The number of rotatable bonds is 5. The molecule has 1 unspecified atom stereocenters. The summed E-state index contributed by atoms with van der Waals surface area (Å²) in [6.45, 7) is 7.31. The lowest BCUT2D eigenvalue weighted by molar-refractivity contribution is -0.137. The molecule has 9 heteroatoms. The average Bonchev–Trinajstić information content (AvgIpc) is 3.05. The summed E-state index contributed by atoms with van der Waals surface area (Å²) in [7, 11) is 1.29. The van der Waals surface area contributed by atoms with Crippen LogP contribution in [-0.4, -0.2) is 61.0 Å². The quantitative estimate of drug-likeness (QED) is 0.569. The normalized spacial score (nSPS) is 16.3. The first kappa shape index (κ1) is 22.9. The number of piperazine rings is 1. The fourth-order valence-electron chi connectivity index (χ4n) is 4.03. The molecule has 31 heavy (non-hydrogen) atoms. The molecule has 2 heterocycles. The van der Waals surface area contributed by atoms with Gasteiger partial charge in [0.2, 0.25) is 0 Å². The van der Waals surface area contributed by atoms with Crippen molar-refractivity contribution in [3.05, 3.63) is 52.3 Å². The molecule has 0 amide bonds. The lowest BCUT2D eigenvalue weighted by atomic mass is 10.0. The number of aryl methyl sites for hydroxylation is 1. The molecule has 3 rings (SSSR count). The van der Waals surface area contributed by atoms with E-state index in [2.05, 4.69) is 4.98 Å². The number of aromatic nitrogens is 1. The van der Waals surface area contributed by atoms with Gasteiger partial charge in [0, 0.05) is 37.6 Å². The molecule has 168 valence electrons. The molecule has 0 saturated carbocycles. The monoisotopic (exact) mass is 437 g/mol. The number of nitrogens with zero attached hydrogens (tertiary/aromatic N) is 2. The molecule has 6 nitrogen and oxygen atoms in total. The number of esters is 1. The maximum atomic E-state index is 13.1. The van der Waals surface area contributed by atoms with E-state index in [1.54, 1.807) is 26.8 Å². The Morgan fingerprint density at radius 3 is 2.35 bits per heavy atom. The molecular weight excluding hydrogens is 411 g/mol. The van der Waals surface area contributed by atoms with E-state index in [-0.39, 0.29) is 5.78 Å². The van der Waals surface area contributed by atoms with Crippen LogP contribution in [-0.2, 0) is 10.9 Å². The lowest BCUT2D eigenvalue weighted by Gasteiger charge is -2.38. The van der Waals surface area contributed by atoms with Gasteiger partial charge in [-0.3, -0.25) is 9.69 Å². The second-order valence-electron chi connectivity index (χ2n) is 7.73. The summed E-state index contributed by atoms with van der Waals surface area (Å²) in [5, 5.41) is 0. The van der Waals surface area contributed by atoms with Crippen LogP contribution in [0.25, 0.3) is 0 Å². The fraction of sp³-hybridized carbons (Fsp3) is 0.455. The number of methoxy groups -OCH3 is 1. The molecule has 0 spiro atoms. The van der Waals surface area contributed by atoms with Crippen LogP contribution in [0.4, 0.5) is 18.9 Å². The van der Waals surface area contributed by atoms with Gasteiger partial charge in [-0.25, -0.2) is 4.79 Å². The highest BCUT2D eigenvalue weighted by Crippen LogP contribution is 2.32. The van der Waals surface area contributed by atoms with E-state index in [9.17, 15) is 22.8 Å². The van der Waals surface area contributed by atoms with Gasteiger partial charge in [0.15, 0.2) is 5.78 Å². The Kier molecular flexibility index (Phi) is 6.45. The van der Waals surface area contributed by atoms with Crippen molar-refractivity contribution in [3.63, 3.8) is 0 Å². The number of nitrogens with one attached hydrogen (secondary N) is 1. The third-order valence-electron chi connectivity index (χ3n) is 5.85. The first-order chi connectivity index (χ1) is 14.5. The maximum Gasteiger partial charge on any atom is 0.416 e. The Morgan fingerprint density at radius 2 is 1.77 bits per heavy atom. The third kappa shape index (κ3) is 4.61. The number of benzene rings is 1. The summed E-state index contributed by atoms with van der Waals surface area (Å²) in [6.07, 6.45) is -4.38. The number of aromatic amines is 1. The number of Topliss-reactive ketones (excluding diaryl/α,β-unsaturated/α-hetero) is 1. The molecule has 2 aromatic rings. The van der Waals surface area contributed by atoms with Crippen molar-refractivity contribution in [3.8, 4) is 0 Å². The second-order valence-corrected chi connectivity index (χ2v) is 7.73. The van der Waals surface area contributed by atoms with Gasteiger partial charge in [0.1, 0.15) is 0 Å². The Bertz CT molecular complexity index is 976. The number of hydrogen-bond acceptors (Lipinski definition) is 5. The number of alkyl halides is 3. The van der Waals surface area contributed by atoms with Gasteiger partial charge >= 0.3 is 12.1 Å². The minimum atomic E-state index is -4.38. The summed E-state index contributed by atoms with van der Waals surface area (Å²) in [5.41, 5.74) is 1.73. The first-order valence-electron chi connectivity index (χ1n) is 10.0. The van der Waals surface area contributed by atoms with Crippen LogP contribution in [0.5, 0.6) is 0 Å². The van der Waals surface area contributed by atoms with Crippen molar-refractivity contribution in [1.29, 1.82) is 0 Å². The van der Waals surface area contributed by atoms with Crippen molar-refractivity contribution >= 4 is 17.4 Å². The first-order valence-corrected chi connectivity index (χ1v) is 10.0. The third-order valence-corrected chi connectivity index (χ3v) is 5.85. The summed E-state index contributed by atoms with van der Waals surface area (Å²) in [5.74, 6) is -0.629. The average molecular weight is 437 g/mol. The van der Waals surface area contributed by atoms with Crippen molar-refractivity contribution in [2.75, 3.05) is 38.2 Å². The number of anilines is 1. The molecule has 0 aliphatic carbocycles. The largest absolute Gasteiger partial charge is 0.465 e. The van der Waals surface area contributed by atoms with Crippen LogP contribution in [0.15, 0.2) is 24.3 Å². The second kappa shape index (κ2) is 8.74. The van der Waals surface area contributed by atoms with E-state index in [1.165, 1.54) is 13.2 Å². The van der Waals surface area contributed by atoms with Crippen molar-refractivity contribution in [2.24, 2.45) is 0 Å². The Morgan fingerprint density at radius 1 is 1.13 bits per heavy atom. The summed E-state index contributed by atoms with van der Waals surface area (Å²) in [6, 6.07) is 4.85. The maximum absolute atomic E-state index is 13.1. The highest BCUT2D eigenvalue weighted by atomic mass is 19.4.